The Morgan fingerprint density at radius 2 is 1.93 bits per heavy atom. The van der Waals surface area contributed by atoms with Crippen molar-refractivity contribution in [3.8, 4) is 0 Å². The van der Waals surface area contributed by atoms with Crippen LogP contribution < -0.4 is 10.2 Å². The minimum absolute atomic E-state index is 0.0299. The van der Waals surface area contributed by atoms with Crippen molar-refractivity contribution < 1.29 is 9.53 Å². The number of aryl methyl sites for hydroxylation is 4. The molecule has 1 N–H and O–H groups in total. The second-order valence-corrected chi connectivity index (χ2v) is 7.76. The summed E-state index contributed by atoms with van der Waals surface area (Å²) >= 11 is 0. The van der Waals surface area contributed by atoms with Crippen LogP contribution >= 0.6 is 0 Å². The molecule has 1 fully saturated rings. The maximum absolute atomic E-state index is 12.5. The van der Waals surface area contributed by atoms with E-state index in [9.17, 15) is 4.79 Å². The average molecular weight is 409 g/mol. The second-order valence-electron chi connectivity index (χ2n) is 7.76. The number of fused-ring (bicyclic) bond motifs is 1. The highest BCUT2D eigenvalue weighted by Gasteiger charge is 2.16. The minimum atomic E-state index is -0.0299. The third-order valence-electron chi connectivity index (χ3n) is 5.70. The summed E-state index contributed by atoms with van der Waals surface area (Å²) in [7, 11) is 1.91. The highest BCUT2D eigenvalue weighted by molar-refractivity contribution is 5.91. The minimum Gasteiger partial charge on any atom is -0.378 e. The highest BCUT2D eigenvalue weighted by atomic mass is 16.5. The van der Waals surface area contributed by atoms with E-state index in [1.54, 1.807) is 6.20 Å². The Labute approximate surface area is 176 Å². The molecule has 8 nitrogen and oxygen atoms in total. The third-order valence-corrected chi connectivity index (χ3v) is 5.70. The van der Waals surface area contributed by atoms with Crippen molar-refractivity contribution >= 4 is 28.4 Å². The van der Waals surface area contributed by atoms with Crippen LogP contribution in [-0.2, 0) is 23.0 Å². The first kappa shape index (κ1) is 20.3. The molecule has 0 radical (unpaired) electrons. The lowest BCUT2D eigenvalue weighted by atomic mass is 9.99. The molecule has 0 spiro atoms. The molecule has 0 saturated carbocycles. The lowest BCUT2D eigenvalue weighted by Gasteiger charge is -2.27. The van der Waals surface area contributed by atoms with Crippen molar-refractivity contribution in [2.75, 3.05) is 36.5 Å². The van der Waals surface area contributed by atoms with Gasteiger partial charge in [-0.25, -0.2) is 9.97 Å². The Morgan fingerprint density at radius 3 is 2.63 bits per heavy atom. The number of hydrogen-bond donors (Lipinski definition) is 1. The fourth-order valence-electron chi connectivity index (χ4n) is 4.13. The molecule has 4 heterocycles. The van der Waals surface area contributed by atoms with E-state index in [1.165, 1.54) is 0 Å². The van der Waals surface area contributed by atoms with Gasteiger partial charge in [-0.1, -0.05) is 0 Å². The summed E-state index contributed by atoms with van der Waals surface area (Å²) in [5.41, 5.74) is 5.80. The summed E-state index contributed by atoms with van der Waals surface area (Å²) in [6, 6.07) is 3.84. The van der Waals surface area contributed by atoms with Crippen molar-refractivity contribution in [2.24, 2.45) is 7.05 Å². The molecular weight excluding hydrogens is 380 g/mol. The highest BCUT2D eigenvalue weighted by Crippen LogP contribution is 2.26. The van der Waals surface area contributed by atoms with Crippen LogP contribution in [0.2, 0.25) is 0 Å². The van der Waals surface area contributed by atoms with Gasteiger partial charge in [0, 0.05) is 37.6 Å². The van der Waals surface area contributed by atoms with Crippen LogP contribution in [0.25, 0.3) is 11.0 Å². The standard InChI is InChI=1S/C22H28N6O2/c1-14-18(15(2)24-22-21(14)16(3)26-27(22)4)6-8-20(29)25-17-5-7-19(23-13-17)28-9-11-30-12-10-28/h5,7,13H,6,8-12H2,1-4H3,(H,25,29). The SMILES string of the molecule is Cc1nc2c(c(C)nn2C)c(C)c1CCC(=O)Nc1ccc(N2CCOCC2)nc1. The van der Waals surface area contributed by atoms with Gasteiger partial charge in [-0.3, -0.25) is 9.48 Å². The fraction of sp³-hybridized carbons (Fsp3) is 0.455. The van der Waals surface area contributed by atoms with Crippen molar-refractivity contribution in [1.82, 2.24) is 19.7 Å². The van der Waals surface area contributed by atoms with Crippen LogP contribution in [0.5, 0.6) is 0 Å². The number of nitrogens with one attached hydrogen (secondary N) is 1. The number of pyridine rings is 2. The van der Waals surface area contributed by atoms with Gasteiger partial charge in [-0.05, 0) is 50.5 Å². The zero-order chi connectivity index (χ0) is 21.3. The summed E-state index contributed by atoms with van der Waals surface area (Å²) in [6.07, 6.45) is 2.74. The van der Waals surface area contributed by atoms with Crippen molar-refractivity contribution in [1.29, 1.82) is 0 Å². The van der Waals surface area contributed by atoms with Gasteiger partial charge < -0.3 is 15.0 Å². The Balaban J connectivity index is 1.41. The van der Waals surface area contributed by atoms with E-state index in [0.29, 0.717) is 18.5 Å². The maximum atomic E-state index is 12.5. The molecule has 0 unspecified atom stereocenters. The summed E-state index contributed by atoms with van der Waals surface area (Å²) in [4.78, 5) is 23.9. The molecule has 1 amide bonds. The van der Waals surface area contributed by atoms with Gasteiger partial charge in [0.1, 0.15) is 5.82 Å². The number of carbonyl (C=O) groups excluding carboxylic acids is 1. The monoisotopic (exact) mass is 408 g/mol. The van der Waals surface area contributed by atoms with Crippen molar-refractivity contribution in [3.05, 3.63) is 40.8 Å². The average Bonchev–Trinajstić information content (AvgIpc) is 3.02. The number of rotatable bonds is 5. The van der Waals surface area contributed by atoms with Crippen LogP contribution in [0.15, 0.2) is 18.3 Å². The van der Waals surface area contributed by atoms with Crippen molar-refractivity contribution in [2.45, 2.75) is 33.6 Å². The van der Waals surface area contributed by atoms with E-state index in [2.05, 4.69) is 27.2 Å². The maximum Gasteiger partial charge on any atom is 0.224 e. The summed E-state index contributed by atoms with van der Waals surface area (Å²) < 4.78 is 7.19. The predicted octanol–water partition coefficient (Wildman–Crippen LogP) is 2.70. The molecule has 0 aliphatic carbocycles. The number of morpholine rings is 1. The Bertz CT molecular complexity index is 1070. The van der Waals surface area contributed by atoms with Gasteiger partial charge >= 0.3 is 0 Å². The molecule has 158 valence electrons. The van der Waals surface area contributed by atoms with Gasteiger partial charge in [0.05, 0.1) is 30.8 Å². The van der Waals surface area contributed by atoms with Gasteiger partial charge in [0.2, 0.25) is 5.91 Å². The second kappa shape index (κ2) is 8.39. The van der Waals surface area contributed by atoms with E-state index in [0.717, 1.165) is 65.7 Å². The van der Waals surface area contributed by atoms with E-state index < -0.39 is 0 Å². The van der Waals surface area contributed by atoms with E-state index in [-0.39, 0.29) is 5.91 Å². The topological polar surface area (TPSA) is 85.2 Å². The molecule has 30 heavy (non-hydrogen) atoms. The molecule has 1 aliphatic heterocycles. The molecule has 3 aromatic rings. The number of aromatic nitrogens is 4. The Kier molecular flexibility index (Phi) is 5.67. The van der Waals surface area contributed by atoms with Gasteiger partial charge in [-0.15, -0.1) is 0 Å². The lowest BCUT2D eigenvalue weighted by Crippen LogP contribution is -2.36. The number of amides is 1. The number of nitrogens with zero attached hydrogens (tertiary/aromatic N) is 5. The number of anilines is 2. The Hall–Kier alpha value is -3.00. The first-order valence-electron chi connectivity index (χ1n) is 10.3. The predicted molar refractivity (Wildman–Crippen MR) is 117 cm³/mol. The normalized spacial score (nSPS) is 14.3. The largest absolute Gasteiger partial charge is 0.378 e. The molecule has 0 bridgehead atoms. The summed E-state index contributed by atoms with van der Waals surface area (Å²) in [5.74, 6) is 0.881. The first-order valence-corrected chi connectivity index (χ1v) is 10.3. The first-order chi connectivity index (χ1) is 14.4. The zero-order valence-corrected chi connectivity index (χ0v) is 18.0. The van der Waals surface area contributed by atoms with Crippen LogP contribution in [0.3, 0.4) is 0 Å². The molecule has 0 aromatic carbocycles. The molecule has 1 aliphatic rings. The van der Waals surface area contributed by atoms with Crippen LogP contribution in [-0.4, -0.2) is 52.0 Å². The van der Waals surface area contributed by atoms with Crippen LogP contribution in [0.1, 0.15) is 28.9 Å². The molecule has 1 saturated heterocycles. The van der Waals surface area contributed by atoms with E-state index in [4.69, 9.17) is 9.72 Å². The smallest absolute Gasteiger partial charge is 0.224 e. The van der Waals surface area contributed by atoms with Crippen LogP contribution in [0.4, 0.5) is 11.5 Å². The molecule has 0 atom stereocenters. The number of ether oxygens (including phenoxy) is 1. The van der Waals surface area contributed by atoms with E-state index in [1.807, 2.05) is 37.7 Å². The third kappa shape index (κ3) is 4.00. The molecule has 4 rings (SSSR count). The summed E-state index contributed by atoms with van der Waals surface area (Å²) in [6.45, 7) is 9.20. The molecule has 3 aromatic heterocycles. The number of hydrogen-bond acceptors (Lipinski definition) is 6. The van der Waals surface area contributed by atoms with E-state index >= 15 is 0 Å². The fourth-order valence-corrected chi connectivity index (χ4v) is 4.13. The van der Waals surface area contributed by atoms with Gasteiger partial charge in [0.25, 0.3) is 0 Å². The number of carbonyl (C=O) groups is 1. The molecule has 8 heteroatoms. The van der Waals surface area contributed by atoms with Gasteiger partial charge in [-0.2, -0.15) is 5.10 Å². The molecular formula is C22H28N6O2. The summed E-state index contributed by atoms with van der Waals surface area (Å²) in [5, 5.41) is 8.52. The Morgan fingerprint density at radius 1 is 1.17 bits per heavy atom. The van der Waals surface area contributed by atoms with Crippen molar-refractivity contribution in [3.63, 3.8) is 0 Å². The van der Waals surface area contributed by atoms with Crippen LogP contribution in [0, 0.1) is 20.8 Å². The lowest BCUT2D eigenvalue weighted by molar-refractivity contribution is -0.116. The zero-order valence-electron chi connectivity index (χ0n) is 18.0. The quantitative estimate of drug-likeness (QED) is 0.699. The van der Waals surface area contributed by atoms with Gasteiger partial charge in [0.15, 0.2) is 5.65 Å².